The van der Waals surface area contributed by atoms with Crippen LogP contribution in [0, 0.1) is 5.82 Å². The summed E-state index contributed by atoms with van der Waals surface area (Å²) in [7, 11) is 0. The fourth-order valence-electron chi connectivity index (χ4n) is 3.46. The Kier molecular flexibility index (Phi) is 5.73. The van der Waals surface area contributed by atoms with Crippen LogP contribution in [0.3, 0.4) is 0 Å². The highest BCUT2D eigenvalue weighted by atomic mass is 35.5. The van der Waals surface area contributed by atoms with Gasteiger partial charge in [-0.1, -0.05) is 48.0 Å². The van der Waals surface area contributed by atoms with E-state index in [4.69, 9.17) is 11.6 Å². The molecule has 0 saturated heterocycles. The summed E-state index contributed by atoms with van der Waals surface area (Å²) in [5.74, 6) is -1.88. The van der Waals surface area contributed by atoms with Crippen LogP contribution in [-0.4, -0.2) is 21.6 Å². The number of aromatic carboxylic acids is 1. The molecule has 31 heavy (non-hydrogen) atoms. The van der Waals surface area contributed by atoms with E-state index in [-0.39, 0.29) is 23.2 Å². The Morgan fingerprint density at radius 2 is 1.74 bits per heavy atom. The van der Waals surface area contributed by atoms with Gasteiger partial charge in [-0.25, -0.2) is 9.18 Å². The first-order valence-electron chi connectivity index (χ1n) is 9.55. The van der Waals surface area contributed by atoms with Crippen LogP contribution in [0.4, 0.5) is 4.39 Å². The molecule has 0 saturated carbocycles. The molecule has 156 valence electrons. The second-order valence-electron chi connectivity index (χ2n) is 7.11. The molecule has 3 aromatic carbocycles. The Morgan fingerprint density at radius 1 is 0.968 bits per heavy atom. The molecule has 0 spiro atoms. The smallest absolute Gasteiger partial charge is 0.352 e. The van der Waals surface area contributed by atoms with Crippen molar-refractivity contribution < 1.29 is 19.1 Å². The summed E-state index contributed by atoms with van der Waals surface area (Å²) in [6, 6.07) is 20.4. The van der Waals surface area contributed by atoms with Crippen molar-refractivity contribution in [1.82, 2.24) is 9.88 Å². The largest absolute Gasteiger partial charge is 0.477 e. The Balaban J connectivity index is 1.63. The standard InChI is InChI=1S/C24H18ClFN2O3/c25-19-10-16(6-8-20(19)26)14-28-21-9-7-17(11-18(21)12-22(28)24(30)31)23(29)27-13-15-4-2-1-3-5-15/h1-12H,13-14H2,(H,27,29)(H,30,31). The van der Waals surface area contributed by atoms with Crippen molar-refractivity contribution in [2.75, 3.05) is 0 Å². The molecule has 0 unspecified atom stereocenters. The molecule has 1 amide bonds. The molecule has 0 atom stereocenters. The van der Waals surface area contributed by atoms with Crippen molar-refractivity contribution in [3.8, 4) is 0 Å². The fraction of sp³-hybridized carbons (Fsp3) is 0.0833. The molecule has 0 aliphatic heterocycles. The Bertz CT molecular complexity index is 1280. The van der Waals surface area contributed by atoms with Gasteiger partial charge < -0.3 is 15.0 Å². The third kappa shape index (κ3) is 4.44. The summed E-state index contributed by atoms with van der Waals surface area (Å²) in [4.78, 5) is 24.4. The van der Waals surface area contributed by atoms with E-state index < -0.39 is 11.8 Å². The van der Waals surface area contributed by atoms with E-state index in [0.29, 0.717) is 28.6 Å². The first kappa shape index (κ1) is 20.6. The van der Waals surface area contributed by atoms with Crippen LogP contribution in [0.2, 0.25) is 5.02 Å². The van der Waals surface area contributed by atoms with Gasteiger partial charge in [0.25, 0.3) is 5.91 Å². The third-order valence-electron chi connectivity index (χ3n) is 5.00. The van der Waals surface area contributed by atoms with Crippen LogP contribution in [0.5, 0.6) is 0 Å². The van der Waals surface area contributed by atoms with E-state index in [1.165, 1.54) is 18.2 Å². The molecule has 0 radical (unpaired) electrons. The van der Waals surface area contributed by atoms with Gasteiger partial charge in [0, 0.05) is 29.6 Å². The highest BCUT2D eigenvalue weighted by molar-refractivity contribution is 6.30. The van der Waals surface area contributed by atoms with Crippen LogP contribution < -0.4 is 5.32 Å². The number of carbonyl (C=O) groups excluding carboxylic acids is 1. The first-order chi connectivity index (χ1) is 14.9. The molecular formula is C24H18ClFN2O3. The number of carbonyl (C=O) groups is 2. The Hall–Kier alpha value is -3.64. The van der Waals surface area contributed by atoms with Gasteiger partial charge in [0.1, 0.15) is 11.5 Å². The van der Waals surface area contributed by atoms with Gasteiger partial charge in [-0.15, -0.1) is 0 Å². The fourth-order valence-corrected chi connectivity index (χ4v) is 3.66. The van der Waals surface area contributed by atoms with Gasteiger partial charge >= 0.3 is 5.97 Å². The number of fused-ring (bicyclic) bond motifs is 1. The number of benzene rings is 3. The van der Waals surface area contributed by atoms with Crippen molar-refractivity contribution >= 4 is 34.4 Å². The zero-order chi connectivity index (χ0) is 22.0. The average Bonchev–Trinajstić information content (AvgIpc) is 3.13. The van der Waals surface area contributed by atoms with Crippen LogP contribution >= 0.6 is 11.6 Å². The lowest BCUT2D eigenvalue weighted by atomic mass is 10.1. The number of amides is 1. The lowest BCUT2D eigenvalue weighted by Gasteiger charge is -2.10. The third-order valence-corrected chi connectivity index (χ3v) is 5.29. The van der Waals surface area contributed by atoms with Crippen LogP contribution in [0.1, 0.15) is 32.0 Å². The summed E-state index contributed by atoms with van der Waals surface area (Å²) in [5.41, 5.74) is 2.79. The molecular weight excluding hydrogens is 419 g/mol. The van der Waals surface area contributed by atoms with Crippen LogP contribution in [0.25, 0.3) is 10.9 Å². The molecule has 4 aromatic rings. The second-order valence-corrected chi connectivity index (χ2v) is 7.52. The molecule has 7 heteroatoms. The summed E-state index contributed by atoms with van der Waals surface area (Å²) >= 11 is 5.86. The Labute approximate surface area is 182 Å². The van der Waals surface area contributed by atoms with Crippen molar-refractivity contribution in [1.29, 1.82) is 0 Å². The van der Waals surface area contributed by atoms with Crippen LogP contribution in [0.15, 0.2) is 72.8 Å². The highest BCUT2D eigenvalue weighted by Gasteiger charge is 2.17. The predicted molar refractivity (Wildman–Crippen MR) is 117 cm³/mol. The average molecular weight is 437 g/mol. The van der Waals surface area contributed by atoms with Gasteiger partial charge in [0.2, 0.25) is 0 Å². The SMILES string of the molecule is O=C(NCc1ccccc1)c1ccc2c(c1)cc(C(=O)O)n2Cc1ccc(F)c(Cl)c1. The van der Waals surface area contributed by atoms with E-state index >= 15 is 0 Å². The molecule has 4 rings (SSSR count). The molecule has 5 nitrogen and oxygen atoms in total. The monoisotopic (exact) mass is 436 g/mol. The van der Waals surface area contributed by atoms with E-state index in [9.17, 15) is 19.1 Å². The number of rotatable bonds is 6. The number of hydrogen-bond donors (Lipinski definition) is 2. The number of halogens is 2. The van der Waals surface area contributed by atoms with E-state index in [2.05, 4.69) is 5.32 Å². The maximum Gasteiger partial charge on any atom is 0.352 e. The predicted octanol–water partition coefficient (Wildman–Crippen LogP) is 5.11. The minimum atomic E-state index is -1.10. The number of carboxylic acid groups (broad SMARTS) is 1. The summed E-state index contributed by atoms with van der Waals surface area (Å²) in [5, 5.41) is 13.1. The van der Waals surface area contributed by atoms with Gasteiger partial charge in [-0.05, 0) is 47.5 Å². The quantitative estimate of drug-likeness (QED) is 0.441. The van der Waals surface area contributed by atoms with Crippen molar-refractivity contribution in [3.05, 3.63) is 106 Å². The van der Waals surface area contributed by atoms with Gasteiger partial charge in [0.15, 0.2) is 0 Å². The molecule has 2 N–H and O–H groups in total. The van der Waals surface area contributed by atoms with Crippen molar-refractivity contribution in [2.45, 2.75) is 13.1 Å². The summed E-state index contributed by atoms with van der Waals surface area (Å²) in [6.45, 7) is 0.592. The lowest BCUT2D eigenvalue weighted by Crippen LogP contribution is -2.22. The normalized spacial score (nSPS) is 10.9. The molecule has 0 fully saturated rings. The Morgan fingerprint density at radius 3 is 2.45 bits per heavy atom. The molecule has 1 aromatic heterocycles. The van der Waals surface area contributed by atoms with E-state index in [0.717, 1.165) is 5.56 Å². The number of aromatic nitrogens is 1. The first-order valence-corrected chi connectivity index (χ1v) is 9.93. The highest BCUT2D eigenvalue weighted by Crippen LogP contribution is 2.24. The minimum absolute atomic E-state index is 0.0248. The summed E-state index contributed by atoms with van der Waals surface area (Å²) in [6.07, 6.45) is 0. The topological polar surface area (TPSA) is 71.3 Å². The van der Waals surface area contributed by atoms with Gasteiger partial charge in [-0.3, -0.25) is 4.79 Å². The van der Waals surface area contributed by atoms with E-state index in [1.807, 2.05) is 30.3 Å². The number of nitrogens with one attached hydrogen (secondary N) is 1. The number of nitrogens with zero attached hydrogens (tertiary/aromatic N) is 1. The zero-order valence-electron chi connectivity index (χ0n) is 16.3. The number of hydrogen-bond acceptors (Lipinski definition) is 2. The lowest BCUT2D eigenvalue weighted by molar-refractivity contribution is 0.0686. The molecule has 1 heterocycles. The number of carboxylic acids is 1. The second kappa shape index (κ2) is 8.62. The van der Waals surface area contributed by atoms with Gasteiger partial charge in [0.05, 0.1) is 5.02 Å². The van der Waals surface area contributed by atoms with Crippen LogP contribution in [-0.2, 0) is 13.1 Å². The van der Waals surface area contributed by atoms with Crippen molar-refractivity contribution in [2.24, 2.45) is 0 Å². The molecule has 0 aliphatic rings. The van der Waals surface area contributed by atoms with Crippen molar-refractivity contribution in [3.63, 3.8) is 0 Å². The molecule has 0 aliphatic carbocycles. The zero-order valence-corrected chi connectivity index (χ0v) is 17.1. The minimum Gasteiger partial charge on any atom is -0.477 e. The maximum atomic E-state index is 13.5. The summed E-state index contributed by atoms with van der Waals surface area (Å²) < 4.78 is 15.1. The van der Waals surface area contributed by atoms with Gasteiger partial charge in [-0.2, -0.15) is 0 Å². The maximum absolute atomic E-state index is 13.5. The van der Waals surface area contributed by atoms with E-state index in [1.54, 1.807) is 28.8 Å². The molecule has 0 bridgehead atoms.